The minimum Gasteiger partial charge on any atom is -0.267 e. The summed E-state index contributed by atoms with van der Waals surface area (Å²) in [5.41, 5.74) is 3.22. The molecule has 2 aromatic carbocycles. The molecule has 4 nitrogen and oxygen atoms in total. The molecule has 0 atom stereocenters. The monoisotopic (exact) mass is 378 g/mol. The third-order valence-electron chi connectivity index (χ3n) is 3.59. The molecule has 0 radical (unpaired) electrons. The van der Waals surface area contributed by atoms with E-state index in [4.69, 9.17) is 0 Å². The lowest BCUT2D eigenvalue weighted by atomic mass is 10.0. The summed E-state index contributed by atoms with van der Waals surface area (Å²) < 4.78 is 28.4. The van der Waals surface area contributed by atoms with Crippen molar-refractivity contribution in [3.63, 3.8) is 0 Å². The van der Waals surface area contributed by atoms with Crippen molar-refractivity contribution >= 4 is 31.8 Å². The fourth-order valence-electron chi connectivity index (χ4n) is 2.36. The van der Waals surface area contributed by atoms with Gasteiger partial charge in [0.2, 0.25) is 0 Å². The van der Waals surface area contributed by atoms with Crippen molar-refractivity contribution in [1.82, 2.24) is 4.72 Å². The molecule has 0 bridgehead atoms. The Balaban J connectivity index is 1.83. The second kappa shape index (κ2) is 5.85. The van der Waals surface area contributed by atoms with E-state index < -0.39 is 10.0 Å². The molecule has 3 rings (SSSR count). The van der Waals surface area contributed by atoms with E-state index in [1.165, 1.54) is 0 Å². The first kappa shape index (κ1) is 15.2. The maximum atomic E-state index is 12.4. The predicted octanol–water partition coefficient (Wildman–Crippen LogP) is 3.19. The summed E-state index contributed by atoms with van der Waals surface area (Å²) in [5, 5.41) is 0. The SMILES string of the molecule is Cc1ccc(S(=O)(=O)NC2=NCc3c(Br)cccc3C2)cc1. The van der Waals surface area contributed by atoms with Crippen LogP contribution < -0.4 is 4.72 Å². The van der Waals surface area contributed by atoms with Crippen molar-refractivity contribution in [2.75, 3.05) is 0 Å². The molecule has 0 aliphatic carbocycles. The highest BCUT2D eigenvalue weighted by molar-refractivity contribution is 9.10. The Hall–Kier alpha value is -1.66. The predicted molar refractivity (Wildman–Crippen MR) is 90.5 cm³/mol. The molecule has 0 spiro atoms. The molecule has 0 saturated carbocycles. The van der Waals surface area contributed by atoms with Crippen molar-refractivity contribution in [2.24, 2.45) is 4.99 Å². The van der Waals surface area contributed by atoms with Crippen LogP contribution in [-0.2, 0) is 23.0 Å². The van der Waals surface area contributed by atoms with Gasteiger partial charge in [0.05, 0.1) is 11.4 Å². The van der Waals surface area contributed by atoms with Crippen molar-refractivity contribution < 1.29 is 8.42 Å². The van der Waals surface area contributed by atoms with Gasteiger partial charge in [-0.2, -0.15) is 0 Å². The lowest BCUT2D eigenvalue weighted by molar-refractivity contribution is 0.592. The molecule has 22 heavy (non-hydrogen) atoms. The van der Waals surface area contributed by atoms with Crippen LogP contribution in [0.25, 0.3) is 0 Å². The number of rotatable bonds is 2. The Labute approximate surface area is 138 Å². The van der Waals surface area contributed by atoms with Crippen LogP contribution in [-0.4, -0.2) is 14.3 Å². The maximum absolute atomic E-state index is 12.4. The van der Waals surface area contributed by atoms with Crippen LogP contribution >= 0.6 is 15.9 Å². The molecule has 1 N–H and O–H groups in total. The molecule has 0 aromatic heterocycles. The van der Waals surface area contributed by atoms with Crippen molar-refractivity contribution in [3.05, 3.63) is 63.6 Å². The summed E-state index contributed by atoms with van der Waals surface area (Å²) in [4.78, 5) is 4.61. The highest BCUT2D eigenvalue weighted by Crippen LogP contribution is 2.25. The quantitative estimate of drug-likeness (QED) is 0.871. The molecule has 2 aromatic rings. The van der Waals surface area contributed by atoms with E-state index in [0.29, 0.717) is 18.8 Å². The van der Waals surface area contributed by atoms with E-state index in [1.54, 1.807) is 24.3 Å². The first-order chi connectivity index (χ1) is 10.5. The normalized spacial score (nSPS) is 14.2. The molecule has 6 heteroatoms. The maximum Gasteiger partial charge on any atom is 0.262 e. The fourth-order valence-corrected chi connectivity index (χ4v) is 3.95. The zero-order chi connectivity index (χ0) is 15.7. The molecular weight excluding hydrogens is 364 g/mol. The average molecular weight is 379 g/mol. The van der Waals surface area contributed by atoms with Crippen molar-refractivity contribution in [3.8, 4) is 0 Å². The second-order valence-corrected chi connectivity index (χ2v) is 7.77. The largest absolute Gasteiger partial charge is 0.267 e. The molecular formula is C16H15BrN2O2S. The molecule has 1 aliphatic rings. The number of aryl methyl sites for hydroxylation is 1. The number of aliphatic imine (C=N–C) groups is 1. The summed E-state index contributed by atoms with van der Waals surface area (Å²) >= 11 is 3.50. The van der Waals surface area contributed by atoms with Gasteiger partial charge < -0.3 is 0 Å². The van der Waals surface area contributed by atoms with E-state index in [-0.39, 0.29) is 4.90 Å². The van der Waals surface area contributed by atoms with Gasteiger partial charge in [-0.3, -0.25) is 9.71 Å². The van der Waals surface area contributed by atoms with E-state index in [0.717, 1.165) is 21.2 Å². The van der Waals surface area contributed by atoms with Crippen LogP contribution in [0, 0.1) is 6.92 Å². The third-order valence-corrected chi connectivity index (χ3v) is 5.73. The first-order valence-electron chi connectivity index (χ1n) is 6.85. The minimum atomic E-state index is -3.58. The molecule has 0 fully saturated rings. The van der Waals surface area contributed by atoms with Crippen LogP contribution in [0.2, 0.25) is 0 Å². The van der Waals surface area contributed by atoms with Crippen molar-refractivity contribution in [2.45, 2.75) is 24.8 Å². The lowest BCUT2D eigenvalue weighted by Gasteiger charge is -2.18. The summed E-state index contributed by atoms with van der Waals surface area (Å²) in [6.07, 6.45) is 0.486. The average Bonchev–Trinajstić information content (AvgIpc) is 2.47. The number of hydrogen-bond acceptors (Lipinski definition) is 3. The molecule has 1 heterocycles. The number of nitrogens with zero attached hydrogens (tertiary/aromatic N) is 1. The highest BCUT2D eigenvalue weighted by Gasteiger charge is 2.20. The van der Waals surface area contributed by atoms with Gasteiger partial charge in [0.1, 0.15) is 5.84 Å². The number of fused-ring (bicyclic) bond motifs is 1. The van der Waals surface area contributed by atoms with Gasteiger partial charge in [0, 0.05) is 10.9 Å². The van der Waals surface area contributed by atoms with Gasteiger partial charge in [-0.25, -0.2) is 8.42 Å². The molecule has 0 saturated heterocycles. The number of benzene rings is 2. The molecule has 1 aliphatic heterocycles. The van der Waals surface area contributed by atoms with Gasteiger partial charge in [-0.15, -0.1) is 0 Å². The Morgan fingerprint density at radius 2 is 1.86 bits per heavy atom. The fraction of sp³-hybridized carbons (Fsp3) is 0.188. The van der Waals surface area contributed by atoms with Crippen LogP contribution in [0.3, 0.4) is 0 Å². The van der Waals surface area contributed by atoms with E-state index >= 15 is 0 Å². The summed E-state index contributed by atoms with van der Waals surface area (Å²) in [6.45, 7) is 2.40. The Morgan fingerprint density at radius 3 is 2.59 bits per heavy atom. The summed E-state index contributed by atoms with van der Waals surface area (Å²) in [5.74, 6) is 0.478. The molecule has 0 unspecified atom stereocenters. The van der Waals surface area contributed by atoms with E-state index in [9.17, 15) is 8.42 Å². The van der Waals surface area contributed by atoms with E-state index in [2.05, 4.69) is 25.6 Å². The van der Waals surface area contributed by atoms with Gasteiger partial charge in [0.15, 0.2) is 0 Å². The molecule has 114 valence electrons. The third kappa shape index (κ3) is 3.08. The minimum absolute atomic E-state index is 0.251. The highest BCUT2D eigenvalue weighted by atomic mass is 79.9. The Kier molecular flexibility index (Phi) is 4.06. The van der Waals surface area contributed by atoms with Crippen LogP contribution in [0.1, 0.15) is 16.7 Å². The standard InChI is InChI=1S/C16H15BrN2O2S/c1-11-5-7-13(8-6-11)22(20,21)19-16-9-12-3-2-4-15(17)14(12)10-18-16/h2-8H,9-10H2,1H3,(H,18,19). The van der Waals surface area contributed by atoms with E-state index in [1.807, 2.05) is 25.1 Å². The number of halogens is 1. The van der Waals surface area contributed by atoms with Crippen LogP contribution in [0.5, 0.6) is 0 Å². The Bertz CT molecular complexity index is 843. The smallest absolute Gasteiger partial charge is 0.262 e. The number of amidine groups is 1. The number of hydrogen-bond donors (Lipinski definition) is 1. The van der Waals surface area contributed by atoms with Crippen LogP contribution in [0.15, 0.2) is 56.8 Å². The first-order valence-corrected chi connectivity index (χ1v) is 9.12. The lowest BCUT2D eigenvalue weighted by Crippen LogP contribution is -2.33. The molecule has 0 amide bonds. The van der Waals surface area contributed by atoms with Gasteiger partial charge in [-0.05, 0) is 36.2 Å². The second-order valence-electron chi connectivity index (χ2n) is 5.24. The van der Waals surface area contributed by atoms with Gasteiger partial charge in [0.25, 0.3) is 10.0 Å². The zero-order valence-electron chi connectivity index (χ0n) is 12.0. The van der Waals surface area contributed by atoms with Gasteiger partial charge in [-0.1, -0.05) is 45.8 Å². The Morgan fingerprint density at radius 1 is 1.14 bits per heavy atom. The summed E-state index contributed by atoms with van der Waals surface area (Å²) in [6, 6.07) is 12.7. The number of nitrogens with one attached hydrogen (secondary N) is 1. The summed E-state index contributed by atoms with van der Waals surface area (Å²) in [7, 11) is -3.58. The van der Waals surface area contributed by atoms with Crippen LogP contribution in [0.4, 0.5) is 0 Å². The van der Waals surface area contributed by atoms with Gasteiger partial charge >= 0.3 is 0 Å². The zero-order valence-corrected chi connectivity index (χ0v) is 14.4. The van der Waals surface area contributed by atoms with Crippen molar-refractivity contribution in [1.29, 1.82) is 0 Å². The number of sulfonamides is 1. The topological polar surface area (TPSA) is 58.5 Å².